The molecular weight excluding hydrogens is 164 g/mol. The molecule has 1 aliphatic heterocycles. The number of nitrogens with zero attached hydrogens (tertiary/aromatic N) is 1. The van der Waals surface area contributed by atoms with E-state index in [0.29, 0.717) is 18.6 Å². The van der Waals surface area contributed by atoms with Gasteiger partial charge >= 0.3 is 0 Å². The molecule has 2 atom stereocenters. The standard InChI is InChI=1S/C10H22N2O/c1-9(7-11)12-6-4-2-3-5-10(12)8-13/h9-10,13H,2-8,11H2,1H3. The molecule has 2 unspecified atom stereocenters. The predicted molar refractivity (Wildman–Crippen MR) is 54.6 cm³/mol. The Bertz CT molecular complexity index is 141. The third kappa shape index (κ3) is 2.93. The van der Waals surface area contributed by atoms with E-state index in [4.69, 9.17) is 5.73 Å². The minimum Gasteiger partial charge on any atom is -0.395 e. The van der Waals surface area contributed by atoms with Gasteiger partial charge in [0.05, 0.1) is 6.61 Å². The molecule has 1 saturated heterocycles. The maximum atomic E-state index is 9.25. The zero-order valence-corrected chi connectivity index (χ0v) is 8.58. The Morgan fingerprint density at radius 1 is 1.46 bits per heavy atom. The molecule has 0 spiro atoms. The highest BCUT2D eigenvalue weighted by atomic mass is 16.3. The Morgan fingerprint density at radius 2 is 2.23 bits per heavy atom. The molecule has 1 aliphatic rings. The van der Waals surface area contributed by atoms with Gasteiger partial charge in [-0.3, -0.25) is 4.90 Å². The first kappa shape index (κ1) is 11.0. The Balaban J connectivity index is 2.53. The van der Waals surface area contributed by atoms with E-state index in [9.17, 15) is 5.11 Å². The summed E-state index contributed by atoms with van der Waals surface area (Å²) in [4.78, 5) is 2.37. The number of aliphatic hydroxyl groups excluding tert-OH is 1. The maximum Gasteiger partial charge on any atom is 0.0586 e. The van der Waals surface area contributed by atoms with Gasteiger partial charge < -0.3 is 10.8 Å². The van der Waals surface area contributed by atoms with Crippen molar-refractivity contribution in [2.24, 2.45) is 5.73 Å². The number of rotatable bonds is 3. The van der Waals surface area contributed by atoms with E-state index in [2.05, 4.69) is 11.8 Å². The lowest BCUT2D eigenvalue weighted by molar-refractivity contribution is 0.0941. The van der Waals surface area contributed by atoms with E-state index in [1.165, 1.54) is 19.3 Å². The molecule has 0 aromatic rings. The Morgan fingerprint density at radius 3 is 2.85 bits per heavy atom. The first-order valence-electron chi connectivity index (χ1n) is 5.36. The molecule has 1 fully saturated rings. The van der Waals surface area contributed by atoms with Gasteiger partial charge in [-0.15, -0.1) is 0 Å². The third-order valence-corrected chi connectivity index (χ3v) is 3.04. The topological polar surface area (TPSA) is 49.5 Å². The Labute approximate surface area is 80.9 Å². The van der Waals surface area contributed by atoms with Crippen molar-refractivity contribution in [1.82, 2.24) is 4.90 Å². The third-order valence-electron chi connectivity index (χ3n) is 3.04. The highest BCUT2D eigenvalue weighted by Gasteiger charge is 2.23. The van der Waals surface area contributed by atoms with Crippen molar-refractivity contribution in [3.8, 4) is 0 Å². The lowest BCUT2D eigenvalue weighted by Crippen LogP contribution is -2.46. The molecule has 3 N–H and O–H groups in total. The number of hydrogen-bond donors (Lipinski definition) is 2. The normalized spacial score (nSPS) is 28.4. The molecule has 0 aliphatic carbocycles. The molecule has 3 nitrogen and oxygen atoms in total. The van der Waals surface area contributed by atoms with E-state index >= 15 is 0 Å². The lowest BCUT2D eigenvalue weighted by Gasteiger charge is -2.33. The van der Waals surface area contributed by atoms with Crippen LogP contribution in [0.4, 0.5) is 0 Å². The van der Waals surface area contributed by atoms with Crippen LogP contribution in [-0.2, 0) is 0 Å². The largest absolute Gasteiger partial charge is 0.395 e. The summed E-state index contributed by atoms with van der Waals surface area (Å²) in [5, 5.41) is 9.25. The minimum absolute atomic E-state index is 0.282. The summed E-state index contributed by atoms with van der Waals surface area (Å²) in [7, 11) is 0. The van der Waals surface area contributed by atoms with Crippen LogP contribution in [0.1, 0.15) is 32.6 Å². The van der Waals surface area contributed by atoms with Crippen molar-refractivity contribution < 1.29 is 5.11 Å². The van der Waals surface area contributed by atoms with Crippen LogP contribution in [0.5, 0.6) is 0 Å². The second kappa shape index (κ2) is 5.58. The van der Waals surface area contributed by atoms with Gasteiger partial charge in [0, 0.05) is 18.6 Å². The zero-order valence-electron chi connectivity index (χ0n) is 8.58. The van der Waals surface area contributed by atoms with Crippen molar-refractivity contribution in [1.29, 1.82) is 0 Å². The smallest absolute Gasteiger partial charge is 0.0586 e. The minimum atomic E-state index is 0.282. The van der Waals surface area contributed by atoms with Gasteiger partial charge in [0.1, 0.15) is 0 Å². The van der Waals surface area contributed by atoms with Gasteiger partial charge in [-0.2, -0.15) is 0 Å². The second-order valence-corrected chi connectivity index (χ2v) is 4.01. The molecule has 13 heavy (non-hydrogen) atoms. The molecule has 1 heterocycles. The van der Waals surface area contributed by atoms with Crippen LogP contribution < -0.4 is 5.73 Å². The Hall–Kier alpha value is -0.120. The molecular formula is C10H22N2O. The van der Waals surface area contributed by atoms with Gasteiger partial charge in [0.25, 0.3) is 0 Å². The molecule has 0 radical (unpaired) electrons. The monoisotopic (exact) mass is 186 g/mol. The van der Waals surface area contributed by atoms with Crippen LogP contribution in [0.3, 0.4) is 0 Å². The van der Waals surface area contributed by atoms with Gasteiger partial charge in [0.15, 0.2) is 0 Å². The van der Waals surface area contributed by atoms with E-state index in [0.717, 1.165) is 13.0 Å². The van der Waals surface area contributed by atoms with E-state index in [1.807, 2.05) is 0 Å². The van der Waals surface area contributed by atoms with Gasteiger partial charge in [0.2, 0.25) is 0 Å². The molecule has 3 heteroatoms. The van der Waals surface area contributed by atoms with Gasteiger partial charge in [-0.25, -0.2) is 0 Å². The fourth-order valence-corrected chi connectivity index (χ4v) is 2.11. The van der Waals surface area contributed by atoms with E-state index < -0.39 is 0 Å². The predicted octanol–water partition coefficient (Wildman–Crippen LogP) is 0.570. The van der Waals surface area contributed by atoms with Gasteiger partial charge in [-0.1, -0.05) is 12.8 Å². The van der Waals surface area contributed by atoms with Crippen LogP contribution in [0.25, 0.3) is 0 Å². The molecule has 1 rings (SSSR count). The van der Waals surface area contributed by atoms with Crippen molar-refractivity contribution in [2.75, 3.05) is 19.7 Å². The zero-order chi connectivity index (χ0) is 9.68. The first-order chi connectivity index (χ1) is 6.29. The van der Waals surface area contributed by atoms with E-state index in [1.54, 1.807) is 0 Å². The molecule has 78 valence electrons. The highest BCUT2D eigenvalue weighted by Crippen LogP contribution is 2.18. The summed E-state index contributed by atoms with van der Waals surface area (Å²) >= 11 is 0. The quantitative estimate of drug-likeness (QED) is 0.677. The summed E-state index contributed by atoms with van der Waals surface area (Å²) in [5.74, 6) is 0. The van der Waals surface area contributed by atoms with Crippen molar-refractivity contribution >= 4 is 0 Å². The van der Waals surface area contributed by atoms with Crippen molar-refractivity contribution in [3.63, 3.8) is 0 Å². The average molecular weight is 186 g/mol. The molecule has 0 bridgehead atoms. The summed E-state index contributed by atoms with van der Waals surface area (Å²) in [6.07, 6.45) is 4.92. The second-order valence-electron chi connectivity index (χ2n) is 4.01. The molecule has 0 amide bonds. The van der Waals surface area contributed by atoms with Crippen LogP contribution in [0.2, 0.25) is 0 Å². The summed E-state index contributed by atoms with van der Waals surface area (Å²) in [6, 6.07) is 0.760. The number of aliphatic hydroxyl groups is 1. The van der Waals surface area contributed by atoms with Crippen LogP contribution in [-0.4, -0.2) is 41.8 Å². The van der Waals surface area contributed by atoms with Crippen LogP contribution in [0, 0.1) is 0 Å². The molecule has 0 aromatic carbocycles. The fraction of sp³-hybridized carbons (Fsp3) is 1.00. The Kier molecular flexibility index (Phi) is 4.70. The summed E-state index contributed by atoms with van der Waals surface area (Å²) in [6.45, 7) is 4.22. The summed E-state index contributed by atoms with van der Waals surface area (Å²) in [5.41, 5.74) is 5.65. The first-order valence-corrected chi connectivity index (χ1v) is 5.36. The average Bonchev–Trinajstić information content (AvgIpc) is 2.41. The number of hydrogen-bond acceptors (Lipinski definition) is 3. The fourth-order valence-electron chi connectivity index (χ4n) is 2.11. The molecule has 0 saturated carbocycles. The number of likely N-dealkylation sites (tertiary alicyclic amines) is 1. The highest BCUT2D eigenvalue weighted by molar-refractivity contribution is 4.79. The van der Waals surface area contributed by atoms with Crippen molar-refractivity contribution in [2.45, 2.75) is 44.7 Å². The van der Waals surface area contributed by atoms with Crippen LogP contribution in [0.15, 0.2) is 0 Å². The SMILES string of the molecule is CC(CN)N1CCCCCC1CO. The van der Waals surface area contributed by atoms with E-state index in [-0.39, 0.29) is 6.61 Å². The lowest BCUT2D eigenvalue weighted by atomic mass is 10.1. The summed E-state index contributed by atoms with van der Waals surface area (Å²) < 4.78 is 0. The molecule has 0 aromatic heterocycles. The maximum absolute atomic E-state index is 9.25. The van der Waals surface area contributed by atoms with Crippen LogP contribution >= 0.6 is 0 Å². The number of nitrogens with two attached hydrogens (primary N) is 1. The van der Waals surface area contributed by atoms with Crippen molar-refractivity contribution in [3.05, 3.63) is 0 Å². The van der Waals surface area contributed by atoms with Gasteiger partial charge in [-0.05, 0) is 26.3 Å².